The van der Waals surface area contributed by atoms with Crippen LogP contribution in [0.3, 0.4) is 0 Å². The zero-order valence-corrected chi connectivity index (χ0v) is 13.0. The number of nitrogens with one attached hydrogen (secondary N) is 2. The molecule has 2 heterocycles. The number of carbonyl (C=O) groups is 3. The highest BCUT2D eigenvalue weighted by Gasteiger charge is 2.30. The lowest BCUT2D eigenvalue weighted by Gasteiger charge is -2.19. The summed E-state index contributed by atoms with van der Waals surface area (Å²) in [7, 11) is 2.76. The monoisotopic (exact) mass is 321 g/mol. The predicted molar refractivity (Wildman–Crippen MR) is 79.6 cm³/mol. The molecule has 23 heavy (non-hydrogen) atoms. The maximum atomic E-state index is 12.1. The minimum absolute atomic E-state index is 0.167. The van der Waals surface area contributed by atoms with E-state index in [0.717, 1.165) is 5.56 Å². The van der Waals surface area contributed by atoms with Crippen LogP contribution < -0.4 is 15.4 Å². The molecule has 1 aliphatic heterocycles. The molecule has 0 unspecified atom stereocenters. The topological polar surface area (TPSA) is 107 Å². The minimum atomic E-state index is -0.847. The molecule has 0 radical (unpaired) electrons. The van der Waals surface area contributed by atoms with Gasteiger partial charge in [-0.05, 0) is 12.0 Å². The Bertz CT molecular complexity index is 587. The third kappa shape index (κ3) is 4.41. The first-order valence-corrected chi connectivity index (χ1v) is 7.20. The molecular weight excluding hydrogens is 302 g/mol. The minimum Gasteiger partial charge on any atom is -0.481 e. The molecule has 0 bridgehead atoms. The first-order valence-electron chi connectivity index (χ1n) is 7.20. The Morgan fingerprint density at radius 2 is 2.22 bits per heavy atom. The lowest BCUT2D eigenvalue weighted by atomic mass is 10.1. The fourth-order valence-electron chi connectivity index (χ4n) is 2.31. The van der Waals surface area contributed by atoms with E-state index in [0.29, 0.717) is 18.7 Å². The van der Waals surface area contributed by atoms with E-state index in [9.17, 15) is 14.4 Å². The van der Waals surface area contributed by atoms with E-state index in [1.807, 2.05) is 0 Å². The van der Waals surface area contributed by atoms with Gasteiger partial charge < -0.3 is 20.1 Å². The maximum absolute atomic E-state index is 12.1. The van der Waals surface area contributed by atoms with Crippen LogP contribution in [0.4, 0.5) is 0 Å². The Hall–Kier alpha value is -2.64. The van der Waals surface area contributed by atoms with Crippen molar-refractivity contribution in [2.45, 2.75) is 31.3 Å². The van der Waals surface area contributed by atoms with Crippen LogP contribution in [-0.4, -0.2) is 49.1 Å². The van der Waals surface area contributed by atoms with Gasteiger partial charge in [0.05, 0.1) is 14.2 Å². The highest BCUT2D eigenvalue weighted by molar-refractivity contribution is 5.93. The van der Waals surface area contributed by atoms with Crippen molar-refractivity contribution >= 4 is 17.8 Å². The predicted octanol–water partition coefficient (Wildman–Crippen LogP) is -0.431. The summed E-state index contributed by atoms with van der Waals surface area (Å²) >= 11 is 0. The van der Waals surface area contributed by atoms with Crippen LogP contribution in [0.1, 0.15) is 18.4 Å². The van der Waals surface area contributed by atoms with E-state index in [1.165, 1.54) is 14.2 Å². The summed E-state index contributed by atoms with van der Waals surface area (Å²) in [5.41, 5.74) is 0.747. The molecule has 1 saturated heterocycles. The van der Waals surface area contributed by atoms with Crippen LogP contribution in [0.2, 0.25) is 0 Å². The van der Waals surface area contributed by atoms with E-state index in [2.05, 4.69) is 15.6 Å². The molecule has 1 aromatic rings. The van der Waals surface area contributed by atoms with Crippen molar-refractivity contribution in [2.24, 2.45) is 0 Å². The van der Waals surface area contributed by atoms with Gasteiger partial charge in [-0.25, -0.2) is 9.78 Å². The summed E-state index contributed by atoms with van der Waals surface area (Å²) in [5.74, 6) is -0.661. The van der Waals surface area contributed by atoms with Crippen LogP contribution in [0, 0.1) is 0 Å². The van der Waals surface area contributed by atoms with Gasteiger partial charge in [0.25, 0.3) is 0 Å². The fraction of sp³-hybridized carbons (Fsp3) is 0.467. The smallest absolute Gasteiger partial charge is 0.328 e. The van der Waals surface area contributed by atoms with Crippen molar-refractivity contribution in [3.8, 4) is 5.88 Å². The average Bonchev–Trinajstić information content (AvgIpc) is 3.00. The Balaban J connectivity index is 2.02. The number of amides is 2. The molecule has 8 heteroatoms. The van der Waals surface area contributed by atoms with Crippen LogP contribution >= 0.6 is 0 Å². The highest BCUT2D eigenvalue weighted by atomic mass is 16.5. The van der Waals surface area contributed by atoms with Gasteiger partial charge in [-0.15, -0.1) is 0 Å². The van der Waals surface area contributed by atoms with Gasteiger partial charge in [-0.2, -0.15) is 0 Å². The SMILES string of the molecule is COC(=O)[C@H](Cc1ccc(OC)nc1)NC(=O)[C@H]1CCC(=O)N1. The Morgan fingerprint density at radius 3 is 2.74 bits per heavy atom. The fourth-order valence-corrected chi connectivity index (χ4v) is 2.31. The van der Waals surface area contributed by atoms with Crippen LogP contribution in [0.25, 0.3) is 0 Å². The molecule has 124 valence electrons. The molecule has 0 aromatic carbocycles. The second kappa shape index (κ2) is 7.57. The molecule has 1 aliphatic rings. The number of nitrogens with zero attached hydrogens (tertiary/aromatic N) is 1. The quantitative estimate of drug-likeness (QED) is 0.689. The number of hydrogen-bond donors (Lipinski definition) is 2. The molecule has 1 fully saturated rings. The normalized spacial score (nSPS) is 18.0. The molecule has 8 nitrogen and oxygen atoms in total. The molecule has 0 saturated carbocycles. The lowest BCUT2D eigenvalue weighted by molar-refractivity contribution is -0.145. The second-order valence-electron chi connectivity index (χ2n) is 5.16. The van der Waals surface area contributed by atoms with Crippen LogP contribution in [-0.2, 0) is 25.5 Å². The molecular formula is C15H19N3O5. The number of rotatable bonds is 6. The van der Waals surface area contributed by atoms with Crippen molar-refractivity contribution in [1.29, 1.82) is 0 Å². The first-order chi connectivity index (χ1) is 11.0. The molecule has 1 aromatic heterocycles. The summed E-state index contributed by atoms with van der Waals surface area (Å²) in [4.78, 5) is 39.3. The number of methoxy groups -OCH3 is 2. The largest absolute Gasteiger partial charge is 0.481 e. The van der Waals surface area contributed by atoms with E-state index in [-0.39, 0.29) is 12.3 Å². The van der Waals surface area contributed by atoms with Crippen molar-refractivity contribution in [3.63, 3.8) is 0 Å². The summed E-state index contributed by atoms with van der Waals surface area (Å²) in [6.45, 7) is 0. The number of esters is 1. The zero-order chi connectivity index (χ0) is 16.8. The van der Waals surface area contributed by atoms with Gasteiger partial charge in [0.15, 0.2) is 0 Å². The molecule has 0 spiro atoms. The van der Waals surface area contributed by atoms with E-state index in [1.54, 1.807) is 18.3 Å². The summed E-state index contributed by atoms with van der Waals surface area (Å²) in [5, 5.41) is 5.18. The lowest BCUT2D eigenvalue weighted by Crippen LogP contribution is -2.50. The molecule has 2 amide bonds. The molecule has 2 atom stereocenters. The molecule has 2 rings (SSSR count). The van der Waals surface area contributed by atoms with Crippen molar-refractivity contribution < 1.29 is 23.9 Å². The third-order valence-electron chi connectivity index (χ3n) is 3.56. The molecule has 0 aliphatic carbocycles. The van der Waals surface area contributed by atoms with E-state index in [4.69, 9.17) is 9.47 Å². The third-order valence-corrected chi connectivity index (χ3v) is 3.56. The second-order valence-corrected chi connectivity index (χ2v) is 5.16. The van der Waals surface area contributed by atoms with Gasteiger partial charge in [-0.1, -0.05) is 6.07 Å². The van der Waals surface area contributed by atoms with Crippen molar-refractivity contribution in [2.75, 3.05) is 14.2 Å². The van der Waals surface area contributed by atoms with Gasteiger partial charge in [0, 0.05) is 25.1 Å². The van der Waals surface area contributed by atoms with Crippen molar-refractivity contribution in [3.05, 3.63) is 23.9 Å². The maximum Gasteiger partial charge on any atom is 0.328 e. The van der Waals surface area contributed by atoms with Gasteiger partial charge in [-0.3, -0.25) is 9.59 Å². The Morgan fingerprint density at radius 1 is 1.43 bits per heavy atom. The summed E-state index contributed by atoms with van der Waals surface area (Å²) < 4.78 is 9.70. The zero-order valence-electron chi connectivity index (χ0n) is 13.0. The standard InChI is InChI=1S/C15H19N3O5/c1-22-13-6-3-9(8-16-13)7-11(15(21)23-2)18-14(20)10-4-5-12(19)17-10/h3,6,8,10-11H,4-5,7H2,1-2H3,(H,17,19)(H,18,20)/t10-,11+/m1/s1. The molecule has 2 N–H and O–H groups in total. The van der Waals surface area contributed by atoms with Crippen molar-refractivity contribution in [1.82, 2.24) is 15.6 Å². The highest BCUT2D eigenvalue weighted by Crippen LogP contribution is 2.11. The average molecular weight is 321 g/mol. The van der Waals surface area contributed by atoms with Gasteiger partial charge in [0.2, 0.25) is 17.7 Å². The van der Waals surface area contributed by atoms with E-state index < -0.39 is 24.0 Å². The van der Waals surface area contributed by atoms with Crippen LogP contribution in [0.5, 0.6) is 5.88 Å². The number of hydrogen-bond acceptors (Lipinski definition) is 6. The Kier molecular flexibility index (Phi) is 5.51. The number of carbonyl (C=O) groups excluding carboxylic acids is 3. The number of pyridine rings is 1. The Labute approximate surface area is 133 Å². The van der Waals surface area contributed by atoms with Gasteiger partial charge in [0.1, 0.15) is 12.1 Å². The van der Waals surface area contributed by atoms with E-state index >= 15 is 0 Å². The van der Waals surface area contributed by atoms with Gasteiger partial charge >= 0.3 is 5.97 Å². The summed E-state index contributed by atoms with van der Waals surface area (Å²) in [6.07, 6.45) is 2.53. The van der Waals surface area contributed by atoms with Crippen LogP contribution in [0.15, 0.2) is 18.3 Å². The first kappa shape index (κ1) is 16.7. The number of ether oxygens (including phenoxy) is 2. The summed E-state index contributed by atoms with van der Waals surface area (Å²) in [6, 6.07) is 1.97. The number of aromatic nitrogens is 1.